The molecular formula is C15H28BrN3O2. The number of ether oxygens (including phenoxy) is 2. The Kier molecular flexibility index (Phi) is 9.15. The predicted molar refractivity (Wildman–Crippen MR) is 88.8 cm³/mol. The summed E-state index contributed by atoms with van der Waals surface area (Å²) in [6, 6.07) is 0.398. The summed E-state index contributed by atoms with van der Waals surface area (Å²) in [5, 5.41) is 8.09. The molecule has 122 valence electrons. The molecule has 0 radical (unpaired) electrons. The van der Waals surface area contributed by atoms with Crippen molar-refractivity contribution in [1.82, 2.24) is 15.1 Å². The normalized spacial score (nSPS) is 12.8. The molecule has 1 aromatic rings. The van der Waals surface area contributed by atoms with Gasteiger partial charge in [-0.05, 0) is 42.7 Å². The second kappa shape index (κ2) is 10.3. The van der Waals surface area contributed by atoms with Crippen molar-refractivity contribution >= 4 is 15.9 Å². The van der Waals surface area contributed by atoms with Crippen LogP contribution in [0.4, 0.5) is 0 Å². The maximum atomic E-state index is 5.58. The number of aromatic nitrogens is 2. The van der Waals surface area contributed by atoms with Gasteiger partial charge in [-0.1, -0.05) is 6.92 Å². The van der Waals surface area contributed by atoms with Gasteiger partial charge >= 0.3 is 0 Å². The fraction of sp³-hybridized carbons (Fsp3) is 0.800. The minimum absolute atomic E-state index is 0.398. The topological polar surface area (TPSA) is 48.3 Å². The van der Waals surface area contributed by atoms with Gasteiger partial charge in [-0.25, -0.2) is 0 Å². The Morgan fingerprint density at radius 3 is 2.67 bits per heavy atom. The minimum Gasteiger partial charge on any atom is -0.382 e. The van der Waals surface area contributed by atoms with E-state index in [0.29, 0.717) is 19.3 Å². The Balaban J connectivity index is 2.57. The van der Waals surface area contributed by atoms with Crippen molar-refractivity contribution in [2.75, 3.05) is 33.5 Å². The van der Waals surface area contributed by atoms with Gasteiger partial charge in [0.15, 0.2) is 0 Å². The molecule has 0 bridgehead atoms. The van der Waals surface area contributed by atoms with Crippen LogP contribution in [0.1, 0.15) is 31.7 Å². The van der Waals surface area contributed by atoms with E-state index in [2.05, 4.69) is 44.9 Å². The van der Waals surface area contributed by atoms with Crippen LogP contribution in [0.25, 0.3) is 0 Å². The van der Waals surface area contributed by atoms with Gasteiger partial charge in [0.2, 0.25) is 0 Å². The molecule has 5 nitrogen and oxygen atoms in total. The molecule has 0 saturated carbocycles. The maximum absolute atomic E-state index is 5.58. The van der Waals surface area contributed by atoms with Gasteiger partial charge in [-0.3, -0.25) is 4.68 Å². The number of aryl methyl sites for hydroxylation is 2. The van der Waals surface area contributed by atoms with Crippen molar-refractivity contribution in [3.05, 3.63) is 15.9 Å². The van der Waals surface area contributed by atoms with E-state index in [9.17, 15) is 0 Å². The van der Waals surface area contributed by atoms with Crippen LogP contribution in [-0.2, 0) is 22.4 Å². The molecule has 1 N–H and O–H groups in total. The number of nitrogens with one attached hydrogen (secondary N) is 1. The Morgan fingerprint density at radius 2 is 2.05 bits per heavy atom. The van der Waals surface area contributed by atoms with Gasteiger partial charge in [0.05, 0.1) is 29.1 Å². The van der Waals surface area contributed by atoms with Gasteiger partial charge in [0, 0.05) is 32.7 Å². The summed E-state index contributed by atoms with van der Waals surface area (Å²) in [5.41, 5.74) is 2.32. The number of halogens is 1. The van der Waals surface area contributed by atoms with Gasteiger partial charge < -0.3 is 14.8 Å². The van der Waals surface area contributed by atoms with E-state index in [1.165, 1.54) is 5.69 Å². The van der Waals surface area contributed by atoms with E-state index in [-0.39, 0.29) is 0 Å². The largest absolute Gasteiger partial charge is 0.382 e. The molecule has 1 aromatic heterocycles. The van der Waals surface area contributed by atoms with E-state index in [0.717, 1.165) is 42.7 Å². The molecule has 0 aliphatic carbocycles. The monoisotopic (exact) mass is 361 g/mol. The van der Waals surface area contributed by atoms with E-state index < -0.39 is 0 Å². The molecule has 0 amide bonds. The average Bonchev–Trinajstić information content (AvgIpc) is 2.74. The lowest BCUT2D eigenvalue weighted by atomic mass is 10.1. The van der Waals surface area contributed by atoms with Gasteiger partial charge in [-0.15, -0.1) is 0 Å². The number of hydrogen-bond acceptors (Lipinski definition) is 4. The summed E-state index contributed by atoms with van der Waals surface area (Å²) in [4.78, 5) is 0. The number of likely N-dealkylation sites (N-methyl/N-ethyl adjacent to an activating group) is 1. The van der Waals surface area contributed by atoms with Crippen LogP contribution < -0.4 is 5.32 Å². The van der Waals surface area contributed by atoms with Crippen LogP contribution in [0, 0.1) is 6.92 Å². The van der Waals surface area contributed by atoms with Crippen LogP contribution in [0.15, 0.2) is 4.47 Å². The molecule has 0 fully saturated rings. The SMILES string of the molecule is CCNC(CCOCCOC)Cc1c(Br)c(C)nn1CC. The first-order valence-electron chi connectivity index (χ1n) is 7.65. The molecule has 6 heteroatoms. The molecule has 1 rings (SSSR count). The number of nitrogens with zero attached hydrogens (tertiary/aromatic N) is 2. The fourth-order valence-electron chi connectivity index (χ4n) is 2.33. The molecule has 0 aliphatic heterocycles. The van der Waals surface area contributed by atoms with Gasteiger partial charge in [0.1, 0.15) is 0 Å². The smallest absolute Gasteiger partial charge is 0.0738 e. The summed E-state index contributed by atoms with van der Waals surface area (Å²) < 4.78 is 13.8. The lowest BCUT2D eigenvalue weighted by molar-refractivity contribution is 0.0658. The van der Waals surface area contributed by atoms with Crippen molar-refractivity contribution in [1.29, 1.82) is 0 Å². The van der Waals surface area contributed by atoms with Crippen molar-refractivity contribution in [2.45, 2.75) is 46.2 Å². The summed E-state index contributed by atoms with van der Waals surface area (Å²) in [5.74, 6) is 0. The van der Waals surface area contributed by atoms with Crippen LogP contribution >= 0.6 is 15.9 Å². The van der Waals surface area contributed by atoms with Gasteiger partial charge in [-0.2, -0.15) is 5.10 Å². The molecule has 21 heavy (non-hydrogen) atoms. The summed E-state index contributed by atoms with van der Waals surface area (Å²) in [6.45, 7) is 10.2. The molecule has 0 spiro atoms. The highest BCUT2D eigenvalue weighted by Crippen LogP contribution is 2.22. The molecule has 0 aromatic carbocycles. The Morgan fingerprint density at radius 1 is 1.29 bits per heavy atom. The Labute approximate surface area is 136 Å². The van der Waals surface area contributed by atoms with Gasteiger partial charge in [0.25, 0.3) is 0 Å². The third kappa shape index (κ3) is 6.06. The van der Waals surface area contributed by atoms with Crippen LogP contribution in [0.5, 0.6) is 0 Å². The van der Waals surface area contributed by atoms with Crippen LogP contribution in [-0.4, -0.2) is 49.3 Å². The number of hydrogen-bond donors (Lipinski definition) is 1. The maximum Gasteiger partial charge on any atom is 0.0738 e. The first-order chi connectivity index (χ1) is 10.1. The lowest BCUT2D eigenvalue weighted by Gasteiger charge is -2.19. The zero-order valence-corrected chi connectivity index (χ0v) is 15.2. The molecule has 1 heterocycles. The van der Waals surface area contributed by atoms with Crippen LogP contribution in [0.2, 0.25) is 0 Å². The highest BCUT2D eigenvalue weighted by Gasteiger charge is 2.17. The van der Waals surface area contributed by atoms with E-state index >= 15 is 0 Å². The zero-order chi connectivity index (χ0) is 15.7. The summed E-state index contributed by atoms with van der Waals surface area (Å²) in [6.07, 6.45) is 1.94. The number of methoxy groups -OCH3 is 1. The lowest BCUT2D eigenvalue weighted by Crippen LogP contribution is -2.33. The quantitative estimate of drug-likeness (QED) is 0.615. The molecule has 1 atom stereocenters. The summed E-state index contributed by atoms with van der Waals surface area (Å²) >= 11 is 3.66. The third-order valence-electron chi connectivity index (χ3n) is 3.43. The van der Waals surface area contributed by atoms with E-state index in [4.69, 9.17) is 9.47 Å². The molecule has 1 unspecified atom stereocenters. The van der Waals surface area contributed by atoms with Crippen molar-refractivity contribution < 1.29 is 9.47 Å². The van der Waals surface area contributed by atoms with Crippen LogP contribution in [0.3, 0.4) is 0 Å². The first-order valence-corrected chi connectivity index (χ1v) is 8.45. The molecular weight excluding hydrogens is 334 g/mol. The zero-order valence-electron chi connectivity index (χ0n) is 13.6. The third-order valence-corrected chi connectivity index (χ3v) is 4.46. The number of rotatable bonds is 11. The fourth-order valence-corrected chi connectivity index (χ4v) is 2.78. The Bertz CT molecular complexity index is 410. The highest BCUT2D eigenvalue weighted by atomic mass is 79.9. The standard InChI is InChI=1S/C15H28BrN3O2/c1-5-17-13(7-8-21-10-9-20-4)11-14-15(16)12(3)18-19(14)6-2/h13,17H,5-11H2,1-4H3. The van der Waals surface area contributed by atoms with E-state index in [1.807, 2.05) is 6.92 Å². The van der Waals surface area contributed by atoms with Crippen molar-refractivity contribution in [3.8, 4) is 0 Å². The second-order valence-electron chi connectivity index (χ2n) is 5.01. The van der Waals surface area contributed by atoms with E-state index in [1.54, 1.807) is 7.11 Å². The average molecular weight is 362 g/mol. The predicted octanol–water partition coefficient (Wildman–Crippen LogP) is 2.55. The van der Waals surface area contributed by atoms with Crippen molar-refractivity contribution in [3.63, 3.8) is 0 Å². The summed E-state index contributed by atoms with van der Waals surface area (Å²) in [7, 11) is 1.69. The Hall–Kier alpha value is -0.430. The molecule has 0 aliphatic rings. The minimum atomic E-state index is 0.398. The highest BCUT2D eigenvalue weighted by molar-refractivity contribution is 9.10. The molecule has 0 saturated heterocycles. The second-order valence-corrected chi connectivity index (χ2v) is 5.81. The first kappa shape index (κ1) is 18.6. The van der Waals surface area contributed by atoms with Crippen molar-refractivity contribution in [2.24, 2.45) is 0 Å².